The van der Waals surface area contributed by atoms with Crippen LogP contribution in [0.5, 0.6) is 0 Å². The van der Waals surface area contributed by atoms with E-state index in [1.54, 1.807) is 0 Å². The second-order valence-electron chi connectivity index (χ2n) is 16.5. The number of unbranched alkanes of at least 4 members (excludes halogenated alkanes) is 31. The first kappa shape index (κ1) is 51.9. The number of aliphatic hydroxyl groups is 2. The Morgan fingerprint density at radius 3 is 1.15 bits per heavy atom. The van der Waals surface area contributed by atoms with Crippen LogP contribution in [0.4, 0.5) is 0 Å². The lowest BCUT2D eigenvalue weighted by Crippen LogP contribution is -2.46. The number of hydrogen-bond acceptors (Lipinski definition) is 5. The summed E-state index contributed by atoms with van der Waals surface area (Å²) in [6.45, 7) is 6.47. The third-order valence-electron chi connectivity index (χ3n) is 11.2. The van der Waals surface area contributed by atoms with Crippen molar-refractivity contribution in [1.29, 1.82) is 0 Å². The molecule has 0 aliphatic rings. The first-order valence-electron chi connectivity index (χ1n) is 23.8. The third-order valence-corrected chi connectivity index (χ3v) is 11.2. The van der Waals surface area contributed by atoms with Crippen LogP contribution in [0.3, 0.4) is 0 Å². The van der Waals surface area contributed by atoms with Gasteiger partial charge in [-0.3, -0.25) is 9.59 Å². The van der Waals surface area contributed by atoms with Crippen LogP contribution in [-0.2, 0) is 14.3 Å². The lowest BCUT2D eigenvalue weighted by molar-refractivity contribution is -0.151. The minimum atomic E-state index is -0.777. The van der Waals surface area contributed by atoms with Gasteiger partial charge in [-0.2, -0.15) is 0 Å². The van der Waals surface area contributed by atoms with Gasteiger partial charge in [-0.1, -0.05) is 226 Å². The van der Waals surface area contributed by atoms with Gasteiger partial charge in [0.1, 0.15) is 6.10 Å². The molecule has 0 aliphatic heterocycles. The van der Waals surface area contributed by atoms with E-state index in [0.29, 0.717) is 19.3 Å². The highest BCUT2D eigenvalue weighted by molar-refractivity contribution is 5.77. The lowest BCUT2D eigenvalue weighted by Gasteiger charge is -2.24. The molecule has 0 aromatic heterocycles. The average molecular weight is 752 g/mol. The SMILES string of the molecule is CCCCCCCCCCCCCCCCCC(=O)OC(CCCCCCCCCC)CC(=O)NC(CO)C(O)CCCCCCCCCCCCC. The van der Waals surface area contributed by atoms with Crippen molar-refractivity contribution in [3.8, 4) is 0 Å². The number of aliphatic hydroxyl groups excluding tert-OH is 2. The Morgan fingerprint density at radius 2 is 0.792 bits per heavy atom. The average Bonchev–Trinajstić information content (AvgIpc) is 3.15. The molecule has 6 heteroatoms. The molecular formula is C47H93NO5. The van der Waals surface area contributed by atoms with E-state index in [-0.39, 0.29) is 24.9 Å². The molecule has 0 radical (unpaired) electrons. The van der Waals surface area contributed by atoms with Gasteiger partial charge in [0.25, 0.3) is 0 Å². The topological polar surface area (TPSA) is 95.9 Å². The van der Waals surface area contributed by atoms with Crippen LogP contribution < -0.4 is 5.32 Å². The first-order chi connectivity index (χ1) is 26.0. The number of nitrogens with one attached hydrogen (secondary N) is 1. The van der Waals surface area contributed by atoms with Crippen molar-refractivity contribution in [2.24, 2.45) is 0 Å². The van der Waals surface area contributed by atoms with Gasteiger partial charge in [0.05, 0.1) is 25.2 Å². The molecule has 6 nitrogen and oxygen atoms in total. The van der Waals surface area contributed by atoms with Crippen LogP contribution in [0.2, 0.25) is 0 Å². The van der Waals surface area contributed by atoms with Gasteiger partial charge < -0.3 is 20.3 Å². The molecule has 0 saturated carbocycles. The molecule has 3 N–H and O–H groups in total. The molecule has 316 valence electrons. The van der Waals surface area contributed by atoms with Gasteiger partial charge in [0.2, 0.25) is 5.91 Å². The number of carbonyl (C=O) groups excluding carboxylic acids is 2. The molecule has 0 spiro atoms. The summed E-state index contributed by atoms with van der Waals surface area (Å²) < 4.78 is 5.89. The molecular weight excluding hydrogens is 659 g/mol. The maximum atomic E-state index is 13.1. The Labute approximate surface area is 330 Å². The zero-order valence-electron chi connectivity index (χ0n) is 35.9. The van der Waals surface area contributed by atoms with Crippen molar-refractivity contribution in [1.82, 2.24) is 5.32 Å². The van der Waals surface area contributed by atoms with Crippen LogP contribution in [0, 0.1) is 0 Å². The molecule has 3 atom stereocenters. The number of carbonyl (C=O) groups is 2. The Bertz CT molecular complexity index is 761. The monoisotopic (exact) mass is 752 g/mol. The third kappa shape index (κ3) is 37.6. The molecule has 3 unspecified atom stereocenters. The standard InChI is InChI=1S/C47H93NO5/c1-4-7-10-13-16-19-21-22-23-24-26-28-31-34-37-40-47(52)53-43(38-35-32-29-18-15-12-9-6-3)41-46(51)48-44(42-49)45(50)39-36-33-30-27-25-20-17-14-11-8-5-2/h43-45,49-50H,4-42H2,1-3H3,(H,48,51). The Balaban J connectivity index is 4.41. The fourth-order valence-electron chi connectivity index (χ4n) is 7.55. The van der Waals surface area contributed by atoms with E-state index in [2.05, 4.69) is 26.1 Å². The number of amides is 1. The Hall–Kier alpha value is -1.14. The fraction of sp³-hybridized carbons (Fsp3) is 0.957. The van der Waals surface area contributed by atoms with Crippen molar-refractivity contribution in [3.05, 3.63) is 0 Å². The highest BCUT2D eigenvalue weighted by Gasteiger charge is 2.24. The van der Waals surface area contributed by atoms with E-state index in [9.17, 15) is 19.8 Å². The van der Waals surface area contributed by atoms with Crippen molar-refractivity contribution in [2.75, 3.05) is 6.61 Å². The summed E-state index contributed by atoms with van der Waals surface area (Å²) in [5, 5.41) is 23.6. The van der Waals surface area contributed by atoms with Gasteiger partial charge >= 0.3 is 5.97 Å². The van der Waals surface area contributed by atoms with Gasteiger partial charge in [0.15, 0.2) is 0 Å². The summed E-state index contributed by atoms with van der Waals surface area (Å²) in [5.41, 5.74) is 0. The van der Waals surface area contributed by atoms with Crippen molar-refractivity contribution in [3.63, 3.8) is 0 Å². The first-order valence-corrected chi connectivity index (χ1v) is 23.8. The molecule has 0 aromatic carbocycles. The van der Waals surface area contributed by atoms with E-state index >= 15 is 0 Å². The van der Waals surface area contributed by atoms with Crippen LogP contribution in [0.1, 0.15) is 265 Å². The normalized spacial score (nSPS) is 13.2. The molecule has 0 rings (SSSR count). The zero-order valence-corrected chi connectivity index (χ0v) is 35.9. The highest BCUT2D eigenvalue weighted by atomic mass is 16.5. The van der Waals surface area contributed by atoms with E-state index in [1.807, 2.05) is 0 Å². The van der Waals surface area contributed by atoms with Crippen LogP contribution in [0.25, 0.3) is 0 Å². The quantitative estimate of drug-likeness (QED) is 0.0426. The molecule has 1 amide bonds. The fourth-order valence-corrected chi connectivity index (χ4v) is 7.55. The Kier molecular flexibility index (Phi) is 41.1. The molecule has 53 heavy (non-hydrogen) atoms. The maximum absolute atomic E-state index is 13.1. The van der Waals surface area contributed by atoms with Crippen LogP contribution >= 0.6 is 0 Å². The number of hydrogen-bond donors (Lipinski definition) is 3. The van der Waals surface area contributed by atoms with Gasteiger partial charge in [0, 0.05) is 6.42 Å². The predicted molar refractivity (Wildman–Crippen MR) is 227 cm³/mol. The minimum Gasteiger partial charge on any atom is -0.462 e. The van der Waals surface area contributed by atoms with Crippen molar-refractivity contribution < 1.29 is 24.5 Å². The molecule has 0 saturated heterocycles. The van der Waals surface area contributed by atoms with Crippen molar-refractivity contribution >= 4 is 11.9 Å². The van der Waals surface area contributed by atoms with E-state index in [0.717, 1.165) is 38.5 Å². The minimum absolute atomic E-state index is 0.0861. The maximum Gasteiger partial charge on any atom is 0.306 e. The van der Waals surface area contributed by atoms with E-state index in [4.69, 9.17) is 4.74 Å². The molecule has 0 aromatic rings. The van der Waals surface area contributed by atoms with Crippen LogP contribution in [-0.4, -0.2) is 46.9 Å². The number of rotatable bonds is 43. The second-order valence-corrected chi connectivity index (χ2v) is 16.5. The molecule has 0 aliphatic carbocycles. The Morgan fingerprint density at radius 1 is 0.472 bits per heavy atom. The smallest absolute Gasteiger partial charge is 0.306 e. The van der Waals surface area contributed by atoms with E-state index < -0.39 is 18.2 Å². The van der Waals surface area contributed by atoms with Crippen LogP contribution in [0.15, 0.2) is 0 Å². The van der Waals surface area contributed by atoms with Gasteiger partial charge in [-0.15, -0.1) is 0 Å². The largest absolute Gasteiger partial charge is 0.462 e. The van der Waals surface area contributed by atoms with E-state index in [1.165, 1.54) is 180 Å². The summed E-state index contributed by atoms with van der Waals surface area (Å²) in [6.07, 6.45) is 43.1. The summed E-state index contributed by atoms with van der Waals surface area (Å²) in [4.78, 5) is 25.9. The highest BCUT2D eigenvalue weighted by Crippen LogP contribution is 2.18. The molecule has 0 fully saturated rings. The molecule has 0 heterocycles. The van der Waals surface area contributed by atoms with Crippen molar-refractivity contribution in [2.45, 2.75) is 283 Å². The summed E-state index contributed by atoms with van der Waals surface area (Å²) in [6, 6.07) is -0.689. The summed E-state index contributed by atoms with van der Waals surface area (Å²) in [7, 11) is 0. The number of ether oxygens (including phenoxy) is 1. The second kappa shape index (κ2) is 42.0. The summed E-state index contributed by atoms with van der Waals surface area (Å²) >= 11 is 0. The van der Waals surface area contributed by atoms with Gasteiger partial charge in [-0.25, -0.2) is 0 Å². The number of esters is 1. The summed E-state index contributed by atoms with van der Waals surface area (Å²) in [5.74, 6) is -0.460. The zero-order chi connectivity index (χ0) is 38.9. The van der Waals surface area contributed by atoms with Gasteiger partial charge in [-0.05, 0) is 25.7 Å². The predicted octanol–water partition coefficient (Wildman–Crippen LogP) is 13.6. The lowest BCUT2D eigenvalue weighted by atomic mass is 10.0. The molecule has 0 bridgehead atoms.